The van der Waals surface area contributed by atoms with E-state index in [9.17, 15) is 4.79 Å². The SMILES string of the molecule is O=C(O)[C@H]1C[C@H]2CCC[C@H]21. The molecule has 0 aromatic carbocycles. The Morgan fingerprint density at radius 3 is 2.80 bits per heavy atom. The summed E-state index contributed by atoms with van der Waals surface area (Å²) in [6.45, 7) is 0. The highest BCUT2D eigenvalue weighted by Gasteiger charge is 2.47. The normalized spacial score (nSPS) is 44.2. The maximum atomic E-state index is 10.5. The van der Waals surface area contributed by atoms with Crippen molar-refractivity contribution in [3.05, 3.63) is 0 Å². The molecule has 0 radical (unpaired) electrons. The number of hydrogen-bond acceptors (Lipinski definition) is 1. The number of carboxylic acid groups (broad SMARTS) is 1. The predicted octanol–water partition coefficient (Wildman–Crippen LogP) is 1.51. The van der Waals surface area contributed by atoms with E-state index in [0.717, 1.165) is 12.3 Å². The number of fused-ring (bicyclic) bond motifs is 1. The molecule has 0 unspecified atom stereocenters. The molecule has 2 heteroatoms. The van der Waals surface area contributed by atoms with Gasteiger partial charge in [0.05, 0.1) is 5.92 Å². The molecule has 2 aliphatic rings. The summed E-state index contributed by atoms with van der Waals surface area (Å²) in [5.41, 5.74) is 0. The van der Waals surface area contributed by atoms with E-state index in [1.54, 1.807) is 0 Å². The molecule has 0 bridgehead atoms. The maximum absolute atomic E-state index is 10.5. The molecule has 0 amide bonds. The van der Waals surface area contributed by atoms with Crippen LogP contribution in [0.1, 0.15) is 25.7 Å². The summed E-state index contributed by atoms with van der Waals surface area (Å²) in [6.07, 6.45) is 4.68. The molecule has 0 heterocycles. The second-order valence-corrected chi connectivity index (χ2v) is 3.54. The Bertz CT molecular complexity index is 165. The van der Waals surface area contributed by atoms with Crippen molar-refractivity contribution in [3.8, 4) is 0 Å². The van der Waals surface area contributed by atoms with Crippen LogP contribution in [0.15, 0.2) is 0 Å². The zero-order chi connectivity index (χ0) is 7.14. The lowest BCUT2D eigenvalue weighted by molar-refractivity contribution is -0.150. The second kappa shape index (κ2) is 1.97. The van der Waals surface area contributed by atoms with Gasteiger partial charge in [0.15, 0.2) is 0 Å². The molecule has 3 atom stereocenters. The first-order chi connectivity index (χ1) is 4.79. The van der Waals surface area contributed by atoms with Crippen LogP contribution in [0.25, 0.3) is 0 Å². The summed E-state index contributed by atoms with van der Waals surface area (Å²) < 4.78 is 0. The van der Waals surface area contributed by atoms with Crippen molar-refractivity contribution in [2.24, 2.45) is 17.8 Å². The Hall–Kier alpha value is -0.530. The van der Waals surface area contributed by atoms with Gasteiger partial charge in [0.2, 0.25) is 0 Å². The van der Waals surface area contributed by atoms with Crippen LogP contribution in [0.3, 0.4) is 0 Å². The van der Waals surface area contributed by atoms with E-state index in [1.165, 1.54) is 19.3 Å². The Kier molecular flexibility index (Phi) is 1.22. The molecule has 0 aliphatic heterocycles. The first-order valence-corrected chi connectivity index (χ1v) is 4.02. The average Bonchev–Trinajstić information content (AvgIpc) is 2.11. The lowest BCUT2D eigenvalue weighted by Crippen LogP contribution is -2.37. The quantitative estimate of drug-likeness (QED) is 0.599. The lowest BCUT2D eigenvalue weighted by atomic mass is 9.67. The predicted molar refractivity (Wildman–Crippen MR) is 36.6 cm³/mol. The van der Waals surface area contributed by atoms with Crippen LogP contribution in [-0.2, 0) is 4.79 Å². The minimum Gasteiger partial charge on any atom is -0.481 e. The van der Waals surface area contributed by atoms with E-state index >= 15 is 0 Å². The van der Waals surface area contributed by atoms with Gasteiger partial charge in [-0.25, -0.2) is 0 Å². The second-order valence-electron chi connectivity index (χ2n) is 3.54. The third-order valence-corrected chi connectivity index (χ3v) is 3.11. The third-order valence-electron chi connectivity index (χ3n) is 3.11. The molecule has 1 N–H and O–H groups in total. The van der Waals surface area contributed by atoms with Gasteiger partial charge in [0, 0.05) is 0 Å². The Morgan fingerprint density at radius 2 is 2.20 bits per heavy atom. The van der Waals surface area contributed by atoms with E-state index in [-0.39, 0.29) is 5.92 Å². The van der Waals surface area contributed by atoms with Gasteiger partial charge in [-0.15, -0.1) is 0 Å². The standard InChI is InChI=1S/C8H12O2/c9-8(10)7-4-5-2-1-3-6(5)7/h5-7H,1-4H2,(H,9,10)/t5-,6-,7+/m1/s1. The van der Waals surface area contributed by atoms with E-state index in [4.69, 9.17) is 5.11 Å². The van der Waals surface area contributed by atoms with Crippen molar-refractivity contribution in [2.45, 2.75) is 25.7 Å². The van der Waals surface area contributed by atoms with E-state index in [0.29, 0.717) is 5.92 Å². The first-order valence-electron chi connectivity index (χ1n) is 4.02. The minimum absolute atomic E-state index is 0.0208. The molecule has 2 aliphatic carbocycles. The van der Waals surface area contributed by atoms with Crippen LogP contribution >= 0.6 is 0 Å². The van der Waals surface area contributed by atoms with Crippen LogP contribution in [0.2, 0.25) is 0 Å². The number of carbonyl (C=O) groups is 1. The lowest BCUT2D eigenvalue weighted by Gasteiger charge is -2.37. The number of aliphatic carboxylic acids is 1. The fraction of sp³-hybridized carbons (Fsp3) is 0.875. The molecular weight excluding hydrogens is 128 g/mol. The summed E-state index contributed by atoms with van der Waals surface area (Å²) in [7, 11) is 0. The molecule has 0 aromatic heterocycles. The van der Waals surface area contributed by atoms with Crippen LogP contribution in [-0.4, -0.2) is 11.1 Å². The molecule has 0 aromatic rings. The molecule has 2 saturated carbocycles. The monoisotopic (exact) mass is 140 g/mol. The fourth-order valence-electron chi connectivity index (χ4n) is 2.48. The molecule has 10 heavy (non-hydrogen) atoms. The van der Waals surface area contributed by atoms with Crippen molar-refractivity contribution in [2.75, 3.05) is 0 Å². The van der Waals surface area contributed by atoms with Gasteiger partial charge >= 0.3 is 5.97 Å². The Balaban J connectivity index is 2.00. The van der Waals surface area contributed by atoms with Crippen molar-refractivity contribution in [1.29, 1.82) is 0 Å². The number of carboxylic acids is 1. The van der Waals surface area contributed by atoms with Gasteiger partial charge in [-0.1, -0.05) is 12.8 Å². The number of hydrogen-bond donors (Lipinski definition) is 1. The summed E-state index contributed by atoms with van der Waals surface area (Å²) >= 11 is 0. The summed E-state index contributed by atoms with van der Waals surface area (Å²) in [4.78, 5) is 10.5. The average molecular weight is 140 g/mol. The van der Waals surface area contributed by atoms with Gasteiger partial charge in [-0.3, -0.25) is 4.79 Å². The summed E-state index contributed by atoms with van der Waals surface area (Å²) in [5.74, 6) is 0.786. The van der Waals surface area contributed by atoms with Crippen molar-refractivity contribution < 1.29 is 9.90 Å². The Morgan fingerprint density at radius 1 is 1.40 bits per heavy atom. The van der Waals surface area contributed by atoms with Gasteiger partial charge < -0.3 is 5.11 Å². The molecule has 56 valence electrons. The van der Waals surface area contributed by atoms with Crippen molar-refractivity contribution in [1.82, 2.24) is 0 Å². The topological polar surface area (TPSA) is 37.3 Å². The highest BCUT2D eigenvalue weighted by molar-refractivity contribution is 5.71. The van der Waals surface area contributed by atoms with E-state index in [1.807, 2.05) is 0 Å². The van der Waals surface area contributed by atoms with E-state index in [2.05, 4.69) is 0 Å². The molecule has 2 fully saturated rings. The highest BCUT2D eigenvalue weighted by Crippen LogP contribution is 2.50. The van der Waals surface area contributed by atoms with Crippen molar-refractivity contribution in [3.63, 3.8) is 0 Å². The van der Waals surface area contributed by atoms with Crippen molar-refractivity contribution >= 4 is 5.97 Å². The minimum atomic E-state index is -0.567. The van der Waals surface area contributed by atoms with Gasteiger partial charge in [-0.05, 0) is 24.7 Å². The summed E-state index contributed by atoms with van der Waals surface area (Å²) in [6, 6.07) is 0. The van der Waals surface area contributed by atoms with Gasteiger partial charge in [0.25, 0.3) is 0 Å². The highest BCUT2D eigenvalue weighted by atomic mass is 16.4. The van der Waals surface area contributed by atoms with Crippen LogP contribution in [0.5, 0.6) is 0 Å². The maximum Gasteiger partial charge on any atom is 0.306 e. The fourth-order valence-corrected chi connectivity index (χ4v) is 2.48. The molecule has 2 nitrogen and oxygen atoms in total. The van der Waals surface area contributed by atoms with Crippen LogP contribution in [0.4, 0.5) is 0 Å². The smallest absolute Gasteiger partial charge is 0.306 e. The zero-order valence-corrected chi connectivity index (χ0v) is 5.92. The van der Waals surface area contributed by atoms with Gasteiger partial charge in [0.1, 0.15) is 0 Å². The van der Waals surface area contributed by atoms with E-state index < -0.39 is 5.97 Å². The van der Waals surface area contributed by atoms with Crippen LogP contribution < -0.4 is 0 Å². The number of rotatable bonds is 1. The molecular formula is C8H12O2. The zero-order valence-electron chi connectivity index (χ0n) is 5.92. The largest absolute Gasteiger partial charge is 0.481 e. The summed E-state index contributed by atoms with van der Waals surface area (Å²) in [5, 5.41) is 8.68. The third kappa shape index (κ3) is 0.678. The molecule has 2 rings (SSSR count). The van der Waals surface area contributed by atoms with Crippen LogP contribution in [0, 0.1) is 17.8 Å². The van der Waals surface area contributed by atoms with Gasteiger partial charge in [-0.2, -0.15) is 0 Å². The first kappa shape index (κ1) is 6.20. The molecule has 0 saturated heterocycles. The Labute approximate surface area is 60.2 Å². The molecule has 0 spiro atoms.